The molecule has 0 bridgehead atoms. The summed E-state index contributed by atoms with van der Waals surface area (Å²) in [6, 6.07) is 0. The number of carbonyl (C=O) groups is 1. The van der Waals surface area contributed by atoms with E-state index in [9.17, 15) is 13.2 Å². The lowest BCUT2D eigenvalue weighted by atomic mass is 10.4. The maximum atomic E-state index is 12.2. The molecule has 1 aliphatic carbocycles. The Balaban J connectivity index is 2.27. The summed E-state index contributed by atoms with van der Waals surface area (Å²) < 4.78 is 26.6. The molecule has 2 rings (SSSR count). The Labute approximate surface area is 121 Å². The number of carbonyl (C=O) groups excluding carboxylic acids is 1. The number of amides is 1. The number of halogens is 2. The average Bonchev–Trinajstić information content (AvgIpc) is 2.77. The maximum Gasteiger partial charge on any atom is 0.267 e. The molecule has 1 aliphatic rings. The first-order valence-electron chi connectivity index (χ1n) is 5.51. The van der Waals surface area contributed by atoms with E-state index in [1.165, 1.54) is 4.68 Å². The molecule has 0 aromatic carbocycles. The van der Waals surface area contributed by atoms with E-state index in [1.807, 2.05) is 4.72 Å². The molecular weight excluding hydrogens is 313 g/mol. The molecule has 0 spiro atoms. The van der Waals surface area contributed by atoms with Gasteiger partial charge in [0, 0.05) is 7.05 Å². The monoisotopic (exact) mass is 325 g/mol. The highest BCUT2D eigenvalue weighted by Crippen LogP contribution is 2.53. The van der Waals surface area contributed by atoms with Crippen LogP contribution >= 0.6 is 23.2 Å². The van der Waals surface area contributed by atoms with Crippen molar-refractivity contribution in [2.75, 3.05) is 0 Å². The Morgan fingerprint density at radius 1 is 1.47 bits per heavy atom. The highest BCUT2D eigenvalue weighted by molar-refractivity contribution is 7.90. The van der Waals surface area contributed by atoms with Crippen molar-refractivity contribution < 1.29 is 13.2 Å². The van der Waals surface area contributed by atoms with Crippen molar-refractivity contribution in [2.24, 2.45) is 13.0 Å². The molecule has 9 heteroatoms. The van der Waals surface area contributed by atoms with Crippen LogP contribution in [0.5, 0.6) is 0 Å². The molecular formula is C10H13Cl2N3O3S. The Bertz CT molecular complexity index is 651. The normalized spacial score (nSPS) is 21.2. The van der Waals surface area contributed by atoms with E-state index in [-0.39, 0.29) is 11.3 Å². The van der Waals surface area contributed by atoms with Gasteiger partial charge in [0.1, 0.15) is 9.23 Å². The van der Waals surface area contributed by atoms with E-state index in [0.717, 1.165) is 0 Å². The quantitative estimate of drug-likeness (QED) is 0.842. The molecule has 1 N–H and O–H groups in total. The smallest absolute Gasteiger partial charge is 0.267 e. The zero-order chi connectivity index (χ0) is 14.6. The summed E-state index contributed by atoms with van der Waals surface area (Å²) in [4.78, 5) is 11.8. The van der Waals surface area contributed by atoms with Gasteiger partial charge in [-0.3, -0.25) is 9.48 Å². The molecule has 1 fully saturated rings. The van der Waals surface area contributed by atoms with E-state index in [4.69, 9.17) is 23.2 Å². The van der Waals surface area contributed by atoms with Crippen molar-refractivity contribution in [3.63, 3.8) is 0 Å². The van der Waals surface area contributed by atoms with Gasteiger partial charge in [0.05, 0.1) is 17.3 Å². The molecule has 0 aliphatic heterocycles. The number of nitrogens with zero attached hydrogens (tertiary/aromatic N) is 2. The van der Waals surface area contributed by atoms with E-state index < -0.39 is 26.2 Å². The van der Waals surface area contributed by atoms with Crippen LogP contribution < -0.4 is 4.72 Å². The van der Waals surface area contributed by atoms with Crippen LogP contribution in [-0.2, 0) is 21.9 Å². The number of aromatic nitrogens is 2. The fourth-order valence-corrected chi connectivity index (χ4v) is 3.86. The van der Waals surface area contributed by atoms with Crippen LogP contribution in [0, 0.1) is 19.8 Å². The molecule has 1 atom stereocenters. The Hall–Kier alpha value is -0.790. The first-order chi connectivity index (χ1) is 8.56. The summed E-state index contributed by atoms with van der Waals surface area (Å²) in [5, 5.41) is 4.01. The minimum atomic E-state index is -3.96. The van der Waals surface area contributed by atoms with Crippen LogP contribution in [0.15, 0.2) is 4.90 Å². The Morgan fingerprint density at radius 2 is 2.00 bits per heavy atom. The lowest BCUT2D eigenvalue weighted by Crippen LogP contribution is -2.33. The Kier molecular flexibility index (Phi) is 3.35. The largest absolute Gasteiger partial charge is 0.274 e. The second-order valence-electron chi connectivity index (χ2n) is 4.61. The molecule has 1 aromatic heterocycles. The van der Waals surface area contributed by atoms with E-state index >= 15 is 0 Å². The molecule has 1 aromatic rings. The van der Waals surface area contributed by atoms with Gasteiger partial charge in [0.25, 0.3) is 10.0 Å². The van der Waals surface area contributed by atoms with Gasteiger partial charge in [-0.1, -0.05) is 0 Å². The fourth-order valence-electron chi connectivity index (χ4n) is 1.90. The first kappa shape index (κ1) is 14.6. The van der Waals surface area contributed by atoms with Crippen molar-refractivity contribution in [1.29, 1.82) is 0 Å². The topological polar surface area (TPSA) is 81.1 Å². The van der Waals surface area contributed by atoms with E-state index in [0.29, 0.717) is 11.4 Å². The Morgan fingerprint density at radius 3 is 2.37 bits per heavy atom. The summed E-state index contributed by atoms with van der Waals surface area (Å²) >= 11 is 11.5. The van der Waals surface area contributed by atoms with Gasteiger partial charge in [-0.25, -0.2) is 13.1 Å². The second-order valence-corrected chi connectivity index (χ2v) is 7.77. The highest BCUT2D eigenvalue weighted by Gasteiger charge is 2.57. The van der Waals surface area contributed by atoms with Gasteiger partial charge < -0.3 is 0 Å². The molecule has 6 nitrogen and oxygen atoms in total. The molecule has 1 saturated carbocycles. The number of alkyl halides is 2. The number of nitrogens with one attached hydrogen (secondary N) is 1. The molecule has 1 unspecified atom stereocenters. The average molecular weight is 326 g/mol. The van der Waals surface area contributed by atoms with Crippen molar-refractivity contribution >= 4 is 39.1 Å². The molecule has 0 radical (unpaired) electrons. The van der Waals surface area contributed by atoms with Gasteiger partial charge in [-0.15, -0.1) is 23.2 Å². The molecule has 19 heavy (non-hydrogen) atoms. The van der Waals surface area contributed by atoms with Crippen LogP contribution in [0.2, 0.25) is 0 Å². The number of hydrogen-bond donors (Lipinski definition) is 1. The summed E-state index contributed by atoms with van der Waals surface area (Å²) in [5.41, 5.74) is 0.788. The lowest BCUT2D eigenvalue weighted by Gasteiger charge is -2.07. The van der Waals surface area contributed by atoms with Gasteiger partial charge in [-0.05, 0) is 20.3 Å². The molecule has 106 valence electrons. The predicted octanol–water partition coefficient (Wildman–Crippen LogP) is 1.04. The molecule has 1 amide bonds. The minimum absolute atomic E-state index is 0.0127. The lowest BCUT2D eigenvalue weighted by molar-refractivity contribution is -0.120. The SMILES string of the molecule is Cc1nn(C)c(C)c1S(=O)(=O)NC(=O)C1CC1(Cl)Cl. The van der Waals surface area contributed by atoms with E-state index in [2.05, 4.69) is 5.10 Å². The molecule has 0 saturated heterocycles. The van der Waals surface area contributed by atoms with Crippen molar-refractivity contribution in [2.45, 2.75) is 29.5 Å². The zero-order valence-corrected chi connectivity index (χ0v) is 12.9. The van der Waals surface area contributed by atoms with Gasteiger partial charge in [-0.2, -0.15) is 5.10 Å². The van der Waals surface area contributed by atoms with Crippen molar-refractivity contribution in [3.8, 4) is 0 Å². The number of aryl methyl sites for hydroxylation is 2. The number of sulfonamides is 1. The van der Waals surface area contributed by atoms with Crippen LogP contribution in [0.3, 0.4) is 0 Å². The number of rotatable bonds is 3. The first-order valence-corrected chi connectivity index (χ1v) is 7.75. The number of hydrogen-bond acceptors (Lipinski definition) is 4. The molecule has 1 heterocycles. The minimum Gasteiger partial charge on any atom is -0.274 e. The maximum absolute atomic E-state index is 12.2. The highest BCUT2D eigenvalue weighted by atomic mass is 35.5. The second kappa shape index (κ2) is 4.36. The van der Waals surface area contributed by atoms with Gasteiger partial charge in [0.15, 0.2) is 0 Å². The van der Waals surface area contributed by atoms with Crippen molar-refractivity contribution in [3.05, 3.63) is 11.4 Å². The van der Waals surface area contributed by atoms with Crippen molar-refractivity contribution in [1.82, 2.24) is 14.5 Å². The summed E-state index contributed by atoms with van der Waals surface area (Å²) in [6.45, 7) is 3.18. The van der Waals surface area contributed by atoms with Crippen LogP contribution in [0.4, 0.5) is 0 Å². The van der Waals surface area contributed by atoms with Gasteiger partial charge >= 0.3 is 0 Å². The summed E-state index contributed by atoms with van der Waals surface area (Å²) in [5.74, 6) is -1.38. The van der Waals surface area contributed by atoms with Crippen LogP contribution in [0.25, 0.3) is 0 Å². The zero-order valence-electron chi connectivity index (χ0n) is 10.6. The summed E-state index contributed by atoms with van der Waals surface area (Å²) in [7, 11) is -2.32. The third kappa shape index (κ3) is 2.59. The summed E-state index contributed by atoms with van der Waals surface area (Å²) in [6.07, 6.45) is 0.252. The van der Waals surface area contributed by atoms with E-state index in [1.54, 1.807) is 20.9 Å². The standard InChI is InChI=1S/C10H13Cl2N3O3S/c1-5-8(6(2)15(3)13-5)19(17,18)14-9(16)7-4-10(7,11)12/h7H,4H2,1-3H3,(H,14,16). The van der Waals surface area contributed by atoms with Crippen LogP contribution in [-0.4, -0.2) is 28.4 Å². The van der Waals surface area contributed by atoms with Gasteiger partial charge in [0.2, 0.25) is 5.91 Å². The predicted molar refractivity (Wildman–Crippen MR) is 70.6 cm³/mol. The third-order valence-electron chi connectivity index (χ3n) is 3.09. The fraction of sp³-hybridized carbons (Fsp3) is 0.600. The van der Waals surface area contributed by atoms with Crippen LogP contribution in [0.1, 0.15) is 17.8 Å². The third-order valence-corrected chi connectivity index (χ3v) is 5.52.